The van der Waals surface area contributed by atoms with Gasteiger partial charge in [0.25, 0.3) is 5.91 Å². The van der Waals surface area contributed by atoms with E-state index in [2.05, 4.69) is 5.32 Å². The summed E-state index contributed by atoms with van der Waals surface area (Å²) in [6, 6.07) is 11.7. The summed E-state index contributed by atoms with van der Waals surface area (Å²) in [5.74, 6) is 1.10. The molecule has 1 aliphatic rings. The second kappa shape index (κ2) is 9.97. The minimum absolute atomic E-state index is 0.137. The molecule has 3 rings (SSSR count). The highest BCUT2D eigenvalue weighted by atomic mass is 16.5. The molecular formula is C23H26N2O6. The lowest BCUT2D eigenvalue weighted by Crippen LogP contribution is -2.45. The number of nitrogens with zero attached hydrogens (tertiary/aromatic N) is 1. The maximum atomic E-state index is 12.6. The first-order valence-corrected chi connectivity index (χ1v) is 10.0. The Balaban J connectivity index is 1.70. The van der Waals surface area contributed by atoms with Crippen molar-refractivity contribution < 1.29 is 28.6 Å². The van der Waals surface area contributed by atoms with Gasteiger partial charge in [0.1, 0.15) is 23.8 Å². The normalized spacial score (nSPS) is 12.8. The number of methoxy groups -OCH3 is 1. The molecule has 1 N–H and O–H groups in total. The lowest BCUT2D eigenvalue weighted by molar-refractivity contribution is -0.125. The first-order valence-electron chi connectivity index (χ1n) is 10.0. The SMILES string of the molecule is COc1ccc(OCC(=O)c2ccc3c(c2)N(CC(=O)NCC(C)C)C(=O)CO3)cc1. The highest BCUT2D eigenvalue weighted by Gasteiger charge is 2.28. The Hall–Kier alpha value is -3.55. The molecule has 2 aromatic carbocycles. The maximum Gasteiger partial charge on any atom is 0.265 e. The number of ether oxygens (including phenoxy) is 3. The summed E-state index contributed by atoms with van der Waals surface area (Å²) in [6.07, 6.45) is 0. The molecule has 0 spiro atoms. The standard InChI is InChI=1S/C23H26N2O6/c1-15(2)11-24-22(27)12-25-19-10-16(4-9-21(19)31-14-23(25)28)20(26)13-30-18-7-5-17(29-3)6-8-18/h4-10,15H,11-14H2,1-3H3,(H,24,27). The van der Waals surface area contributed by atoms with Gasteiger partial charge >= 0.3 is 0 Å². The van der Waals surface area contributed by atoms with Crippen molar-refractivity contribution in [2.45, 2.75) is 13.8 Å². The van der Waals surface area contributed by atoms with Crippen molar-refractivity contribution in [3.63, 3.8) is 0 Å². The van der Waals surface area contributed by atoms with E-state index in [1.807, 2.05) is 13.8 Å². The van der Waals surface area contributed by atoms with Crippen molar-refractivity contribution >= 4 is 23.3 Å². The van der Waals surface area contributed by atoms with E-state index < -0.39 is 0 Å². The topological polar surface area (TPSA) is 94.2 Å². The van der Waals surface area contributed by atoms with Crippen molar-refractivity contribution in [3.8, 4) is 17.2 Å². The zero-order valence-corrected chi connectivity index (χ0v) is 17.8. The Kier molecular flexibility index (Phi) is 7.12. The number of carbonyl (C=O) groups is 3. The molecule has 0 saturated carbocycles. The van der Waals surface area contributed by atoms with Crippen LogP contribution in [0.5, 0.6) is 17.2 Å². The number of amides is 2. The third-order valence-corrected chi connectivity index (χ3v) is 4.66. The summed E-state index contributed by atoms with van der Waals surface area (Å²) >= 11 is 0. The van der Waals surface area contributed by atoms with Gasteiger partial charge in [0, 0.05) is 12.1 Å². The van der Waals surface area contributed by atoms with Crippen LogP contribution in [0.1, 0.15) is 24.2 Å². The molecule has 8 nitrogen and oxygen atoms in total. The van der Waals surface area contributed by atoms with Crippen LogP contribution in [-0.2, 0) is 9.59 Å². The quantitative estimate of drug-likeness (QED) is 0.619. The summed E-state index contributed by atoms with van der Waals surface area (Å²) in [5.41, 5.74) is 0.754. The number of hydrogen-bond acceptors (Lipinski definition) is 6. The van der Waals surface area contributed by atoms with Crippen molar-refractivity contribution in [3.05, 3.63) is 48.0 Å². The number of fused-ring (bicyclic) bond motifs is 1. The van der Waals surface area contributed by atoms with E-state index in [9.17, 15) is 14.4 Å². The Labute approximate surface area is 181 Å². The predicted octanol–water partition coefficient (Wildman–Crippen LogP) is 2.45. The number of rotatable bonds is 9. The molecule has 31 heavy (non-hydrogen) atoms. The number of hydrogen-bond donors (Lipinski definition) is 1. The molecular weight excluding hydrogens is 400 g/mol. The zero-order valence-electron chi connectivity index (χ0n) is 17.8. The highest BCUT2D eigenvalue weighted by molar-refractivity contribution is 6.04. The Morgan fingerprint density at radius 1 is 1.13 bits per heavy atom. The monoisotopic (exact) mass is 426 g/mol. The van der Waals surface area contributed by atoms with E-state index in [0.29, 0.717) is 41.0 Å². The van der Waals surface area contributed by atoms with E-state index >= 15 is 0 Å². The summed E-state index contributed by atoms with van der Waals surface area (Å²) in [5, 5.41) is 2.80. The van der Waals surface area contributed by atoms with Gasteiger partial charge in [-0.25, -0.2) is 0 Å². The molecule has 0 radical (unpaired) electrons. The molecule has 164 valence electrons. The van der Waals surface area contributed by atoms with Crippen LogP contribution in [0.25, 0.3) is 0 Å². The minimum atomic E-state index is -0.341. The first-order chi connectivity index (χ1) is 14.9. The molecule has 0 bridgehead atoms. The van der Waals surface area contributed by atoms with Gasteiger partial charge in [0.05, 0.1) is 12.8 Å². The maximum absolute atomic E-state index is 12.6. The van der Waals surface area contributed by atoms with Gasteiger partial charge in [0.2, 0.25) is 5.91 Å². The van der Waals surface area contributed by atoms with Crippen molar-refractivity contribution in [2.24, 2.45) is 5.92 Å². The summed E-state index contributed by atoms with van der Waals surface area (Å²) in [6.45, 7) is 4.03. The molecule has 0 unspecified atom stereocenters. The van der Waals surface area contributed by atoms with Gasteiger partial charge in [0.15, 0.2) is 19.0 Å². The van der Waals surface area contributed by atoms with Gasteiger partial charge < -0.3 is 19.5 Å². The first kappa shape index (κ1) is 22.1. The van der Waals surface area contributed by atoms with E-state index in [1.165, 1.54) is 4.90 Å². The second-order valence-electron chi connectivity index (χ2n) is 7.54. The van der Waals surface area contributed by atoms with Crippen LogP contribution in [0.2, 0.25) is 0 Å². The molecule has 2 amide bonds. The molecule has 0 fully saturated rings. The molecule has 0 aromatic heterocycles. The van der Waals surface area contributed by atoms with Crippen LogP contribution in [0, 0.1) is 5.92 Å². The lowest BCUT2D eigenvalue weighted by atomic mass is 10.1. The predicted molar refractivity (Wildman–Crippen MR) is 115 cm³/mol. The third-order valence-electron chi connectivity index (χ3n) is 4.66. The molecule has 1 heterocycles. The van der Waals surface area contributed by atoms with Crippen molar-refractivity contribution in [1.29, 1.82) is 0 Å². The second-order valence-corrected chi connectivity index (χ2v) is 7.54. The van der Waals surface area contributed by atoms with Crippen LogP contribution in [0.15, 0.2) is 42.5 Å². The minimum Gasteiger partial charge on any atom is -0.497 e. The number of anilines is 1. The highest BCUT2D eigenvalue weighted by Crippen LogP contribution is 2.33. The summed E-state index contributed by atoms with van der Waals surface area (Å²) < 4.78 is 16.1. The summed E-state index contributed by atoms with van der Waals surface area (Å²) in [4.78, 5) is 38.6. The van der Waals surface area contributed by atoms with Crippen molar-refractivity contribution in [2.75, 3.05) is 38.3 Å². The molecule has 0 saturated heterocycles. The molecule has 0 atom stereocenters. The number of benzene rings is 2. The fourth-order valence-electron chi connectivity index (χ4n) is 2.97. The lowest BCUT2D eigenvalue weighted by Gasteiger charge is -2.29. The Bertz CT molecular complexity index is 955. The van der Waals surface area contributed by atoms with Gasteiger partial charge in [-0.3, -0.25) is 19.3 Å². The van der Waals surface area contributed by atoms with E-state index in [4.69, 9.17) is 14.2 Å². The molecule has 8 heteroatoms. The van der Waals surface area contributed by atoms with Crippen LogP contribution < -0.4 is 24.4 Å². The smallest absolute Gasteiger partial charge is 0.265 e. The molecule has 2 aromatic rings. The van der Waals surface area contributed by atoms with E-state index in [-0.39, 0.29) is 37.4 Å². The van der Waals surface area contributed by atoms with Crippen LogP contribution in [-0.4, -0.2) is 51.0 Å². The zero-order chi connectivity index (χ0) is 22.4. The van der Waals surface area contributed by atoms with Gasteiger partial charge in [-0.15, -0.1) is 0 Å². The summed E-state index contributed by atoms with van der Waals surface area (Å²) in [7, 11) is 1.57. The fraction of sp³-hybridized carbons (Fsp3) is 0.348. The molecule has 0 aliphatic carbocycles. The van der Waals surface area contributed by atoms with E-state index in [1.54, 1.807) is 49.6 Å². The van der Waals surface area contributed by atoms with Crippen LogP contribution in [0.3, 0.4) is 0 Å². The molecule has 1 aliphatic heterocycles. The largest absolute Gasteiger partial charge is 0.497 e. The van der Waals surface area contributed by atoms with Gasteiger partial charge in [-0.05, 0) is 48.4 Å². The third kappa shape index (κ3) is 5.75. The average molecular weight is 426 g/mol. The van der Waals surface area contributed by atoms with Gasteiger partial charge in [-0.2, -0.15) is 0 Å². The fourth-order valence-corrected chi connectivity index (χ4v) is 2.97. The Morgan fingerprint density at radius 2 is 1.84 bits per heavy atom. The van der Waals surface area contributed by atoms with Crippen LogP contribution in [0.4, 0.5) is 5.69 Å². The average Bonchev–Trinajstić information content (AvgIpc) is 2.78. The number of Topliss-reactive ketones (excluding diaryl/α,β-unsaturated/α-hetero) is 1. The Morgan fingerprint density at radius 3 is 2.52 bits per heavy atom. The van der Waals surface area contributed by atoms with E-state index in [0.717, 1.165) is 0 Å². The number of ketones is 1. The van der Waals surface area contributed by atoms with Gasteiger partial charge in [-0.1, -0.05) is 13.8 Å². The van der Waals surface area contributed by atoms with Crippen molar-refractivity contribution in [1.82, 2.24) is 5.32 Å². The number of carbonyl (C=O) groups excluding carboxylic acids is 3. The van der Waals surface area contributed by atoms with Crippen LogP contribution >= 0.6 is 0 Å². The number of nitrogens with one attached hydrogen (secondary N) is 1.